The molecule has 0 bridgehead atoms. The number of hydrogen-bond acceptors (Lipinski definition) is 10. The molecule has 4 aromatic rings. The van der Waals surface area contributed by atoms with E-state index in [0.717, 1.165) is 12.1 Å². The summed E-state index contributed by atoms with van der Waals surface area (Å²) in [6, 6.07) is 18.0. The van der Waals surface area contributed by atoms with E-state index >= 15 is 0 Å². The molecule has 0 aromatic heterocycles. The highest BCUT2D eigenvalue weighted by Crippen LogP contribution is 2.53. The van der Waals surface area contributed by atoms with Gasteiger partial charge in [0.2, 0.25) is 0 Å². The topological polar surface area (TPSA) is 152 Å². The zero-order valence-electron chi connectivity index (χ0n) is 22.5. The SMILES string of the molecule is COc1ccc([C@H]2Oc3cc(O)cc(O)c3C(=O)[C@H]2[C@H]2C(=O)c3c(O)cc(O)cc3O[C@H]2c2ccc(OC)cc2)cc1. The number of fused-ring (bicyclic) bond motifs is 2. The number of methoxy groups -OCH3 is 2. The number of hydrogen-bond donors (Lipinski definition) is 4. The van der Waals surface area contributed by atoms with Crippen molar-refractivity contribution in [3.05, 3.63) is 95.1 Å². The van der Waals surface area contributed by atoms with Crippen LogP contribution >= 0.6 is 0 Å². The van der Waals surface area contributed by atoms with Crippen molar-refractivity contribution in [2.45, 2.75) is 12.2 Å². The second-order valence-corrected chi connectivity index (χ2v) is 10.1. The van der Waals surface area contributed by atoms with Crippen molar-refractivity contribution in [1.82, 2.24) is 0 Å². The molecule has 10 heteroatoms. The van der Waals surface area contributed by atoms with E-state index in [1.807, 2.05) is 0 Å². The number of carbonyl (C=O) groups is 2. The highest BCUT2D eigenvalue weighted by atomic mass is 16.5. The van der Waals surface area contributed by atoms with E-state index < -0.39 is 47.1 Å². The fraction of sp³-hybridized carbons (Fsp3) is 0.188. The van der Waals surface area contributed by atoms with Crippen molar-refractivity contribution in [2.75, 3.05) is 14.2 Å². The third-order valence-electron chi connectivity index (χ3n) is 7.67. The maximum Gasteiger partial charge on any atom is 0.178 e. The number of phenolic OH excluding ortho intramolecular Hbond substituents is 4. The van der Waals surface area contributed by atoms with Crippen LogP contribution in [-0.4, -0.2) is 46.2 Å². The molecular formula is C32H26O10. The minimum Gasteiger partial charge on any atom is -0.508 e. The van der Waals surface area contributed by atoms with E-state index in [1.54, 1.807) is 48.5 Å². The van der Waals surface area contributed by atoms with E-state index in [0.29, 0.717) is 22.6 Å². The van der Waals surface area contributed by atoms with Crippen molar-refractivity contribution >= 4 is 11.6 Å². The fourth-order valence-electron chi connectivity index (χ4n) is 5.72. The molecule has 6 rings (SSSR count). The first kappa shape index (κ1) is 26.8. The van der Waals surface area contributed by atoms with Crippen LogP contribution in [0, 0.1) is 11.8 Å². The van der Waals surface area contributed by atoms with Crippen LogP contribution in [0.15, 0.2) is 72.8 Å². The third-order valence-corrected chi connectivity index (χ3v) is 7.67. The van der Waals surface area contributed by atoms with Gasteiger partial charge in [0.05, 0.1) is 26.1 Å². The molecule has 0 aliphatic carbocycles. The zero-order chi connectivity index (χ0) is 29.7. The van der Waals surface area contributed by atoms with Crippen LogP contribution in [0.3, 0.4) is 0 Å². The Labute approximate surface area is 239 Å². The molecule has 0 amide bonds. The number of benzene rings is 4. The number of phenols is 4. The largest absolute Gasteiger partial charge is 0.508 e. The maximum atomic E-state index is 14.4. The van der Waals surface area contributed by atoms with Crippen LogP contribution in [0.25, 0.3) is 0 Å². The van der Waals surface area contributed by atoms with Crippen molar-refractivity contribution < 1.29 is 49.0 Å². The zero-order valence-corrected chi connectivity index (χ0v) is 22.5. The number of aromatic hydroxyl groups is 4. The van der Waals surface area contributed by atoms with Gasteiger partial charge in [-0.05, 0) is 35.4 Å². The Morgan fingerprint density at radius 2 is 0.929 bits per heavy atom. The molecule has 4 atom stereocenters. The average Bonchev–Trinajstić information content (AvgIpc) is 2.96. The van der Waals surface area contributed by atoms with Gasteiger partial charge in [-0.1, -0.05) is 24.3 Å². The van der Waals surface area contributed by atoms with Crippen molar-refractivity contribution in [3.63, 3.8) is 0 Å². The Balaban J connectivity index is 1.57. The molecule has 2 aliphatic heterocycles. The van der Waals surface area contributed by atoms with Gasteiger partial charge in [0.1, 0.15) is 69.3 Å². The molecule has 0 saturated heterocycles. The quantitative estimate of drug-likeness (QED) is 0.255. The van der Waals surface area contributed by atoms with Crippen LogP contribution in [0.5, 0.6) is 46.0 Å². The van der Waals surface area contributed by atoms with Crippen LogP contribution < -0.4 is 18.9 Å². The average molecular weight is 571 g/mol. The summed E-state index contributed by atoms with van der Waals surface area (Å²) in [6.07, 6.45) is -2.15. The maximum absolute atomic E-state index is 14.4. The Morgan fingerprint density at radius 1 is 0.571 bits per heavy atom. The summed E-state index contributed by atoms with van der Waals surface area (Å²) in [4.78, 5) is 28.7. The van der Waals surface area contributed by atoms with Crippen molar-refractivity contribution in [1.29, 1.82) is 0 Å². The van der Waals surface area contributed by atoms with E-state index in [9.17, 15) is 30.0 Å². The van der Waals surface area contributed by atoms with E-state index in [2.05, 4.69) is 0 Å². The molecule has 214 valence electrons. The normalized spacial score (nSPS) is 21.0. The lowest BCUT2D eigenvalue weighted by molar-refractivity contribution is 0.0129. The summed E-state index contributed by atoms with van der Waals surface area (Å²) in [5, 5.41) is 41.7. The summed E-state index contributed by atoms with van der Waals surface area (Å²) in [5.74, 6) is -4.37. The van der Waals surface area contributed by atoms with Gasteiger partial charge in [-0.3, -0.25) is 9.59 Å². The molecule has 2 aliphatic rings. The number of ketones is 2. The Bertz CT molecular complexity index is 1570. The smallest absolute Gasteiger partial charge is 0.178 e. The highest BCUT2D eigenvalue weighted by Gasteiger charge is 2.53. The second-order valence-electron chi connectivity index (χ2n) is 10.1. The highest BCUT2D eigenvalue weighted by molar-refractivity contribution is 6.11. The summed E-state index contributed by atoms with van der Waals surface area (Å²) in [7, 11) is 3.03. The lowest BCUT2D eigenvalue weighted by Gasteiger charge is -2.42. The van der Waals surface area contributed by atoms with Gasteiger partial charge in [0.25, 0.3) is 0 Å². The second kappa shape index (κ2) is 10.2. The lowest BCUT2D eigenvalue weighted by Crippen LogP contribution is -2.45. The standard InChI is InChI=1S/C32H26O10/c1-39-19-7-3-15(4-8-19)31-27(29(37)25-21(35)11-17(33)13-23(25)41-31)28-30(38)26-22(36)12-18(34)14-24(26)42-32(28)16-5-9-20(40-2)10-6-16/h3-14,27-28,31-36H,1-2H3/t27-,28+,31-,32+. The summed E-state index contributed by atoms with van der Waals surface area (Å²) >= 11 is 0. The van der Waals surface area contributed by atoms with Crippen molar-refractivity contribution in [3.8, 4) is 46.0 Å². The first-order valence-corrected chi connectivity index (χ1v) is 13.0. The number of carbonyl (C=O) groups excluding carboxylic acids is 2. The minimum absolute atomic E-state index is 0.0482. The van der Waals surface area contributed by atoms with Crippen LogP contribution in [0.1, 0.15) is 44.1 Å². The molecule has 0 fully saturated rings. The van der Waals surface area contributed by atoms with Gasteiger partial charge in [-0.25, -0.2) is 0 Å². The van der Waals surface area contributed by atoms with E-state index in [4.69, 9.17) is 18.9 Å². The van der Waals surface area contributed by atoms with Crippen LogP contribution in [0.4, 0.5) is 0 Å². The van der Waals surface area contributed by atoms with E-state index in [-0.39, 0.29) is 34.1 Å². The van der Waals surface area contributed by atoms with Gasteiger partial charge in [0, 0.05) is 24.3 Å². The summed E-state index contributed by atoms with van der Waals surface area (Å²) in [5.41, 5.74) is 0.656. The first-order chi connectivity index (χ1) is 20.2. The Morgan fingerprint density at radius 3 is 1.26 bits per heavy atom. The molecule has 0 radical (unpaired) electrons. The van der Waals surface area contributed by atoms with Gasteiger partial charge in [-0.2, -0.15) is 0 Å². The third kappa shape index (κ3) is 4.37. The van der Waals surface area contributed by atoms with Crippen LogP contribution in [0.2, 0.25) is 0 Å². The lowest BCUT2D eigenvalue weighted by atomic mass is 9.69. The van der Waals surface area contributed by atoms with Gasteiger partial charge < -0.3 is 39.4 Å². The van der Waals surface area contributed by atoms with Gasteiger partial charge in [-0.15, -0.1) is 0 Å². The van der Waals surface area contributed by atoms with Crippen LogP contribution in [-0.2, 0) is 0 Å². The number of ether oxygens (including phenoxy) is 4. The molecule has 0 saturated carbocycles. The molecule has 2 heterocycles. The predicted octanol–water partition coefficient (Wildman–Crippen LogP) is 5.09. The molecule has 0 spiro atoms. The molecule has 4 aromatic carbocycles. The fourth-order valence-corrected chi connectivity index (χ4v) is 5.72. The van der Waals surface area contributed by atoms with Gasteiger partial charge in [0.15, 0.2) is 11.6 Å². The number of rotatable bonds is 5. The summed E-state index contributed by atoms with van der Waals surface area (Å²) in [6.45, 7) is 0. The first-order valence-electron chi connectivity index (χ1n) is 13.0. The summed E-state index contributed by atoms with van der Waals surface area (Å²) < 4.78 is 23.1. The van der Waals surface area contributed by atoms with Gasteiger partial charge >= 0.3 is 0 Å². The Hall–Kier alpha value is -5.38. The predicted molar refractivity (Wildman–Crippen MR) is 148 cm³/mol. The Kier molecular flexibility index (Phi) is 6.53. The van der Waals surface area contributed by atoms with Crippen molar-refractivity contribution in [2.24, 2.45) is 11.8 Å². The molecule has 10 nitrogen and oxygen atoms in total. The number of Topliss-reactive ketones (excluding diaryl/α,β-unsaturated/α-hetero) is 2. The molecule has 4 N–H and O–H groups in total. The molecular weight excluding hydrogens is 544 g/mol. The molecule has 0 unspecified atom stereocenters. The monoisotopic (exact) mass is 570 g/mol. The molecule has 42 heavy (non-hydrogen) atoms. The minimum atomic E-state index is -1.26. The van der Waals surface area contributed by atoms with E-state index in [1.165, 1.54) is 26.4 Å².